The highest BCUT2D eigenvalue weighted by Gasteiger charge is 2.42. The normalized spacial score (nSPS) is 33.6. The highest BCUT2D eigenvalue weighted by molar-refractivity contribution is 5.44. The molecular formula is C16H23NO2. The molecule has 1 atom stereocenters. The maximum atomic E-state index is 6.37. The molecule has 0 saturated heterocycles. The molecule has 0 bridgehead atoms. The van der Waals surface area contributed by atoms with Gasteiger partial charge in [-0.3, -0.25) is 0 Å². The summed E-state index contributed by atoms with van der Waals surface area (Å²) >= 11 is 0. The minimum Gasteiger partial charge on any atom is -0.497 e. The predicted molar refractivity (Wildman–Crippen MR) is 75.5 cm³/mol. The molecule has 1 aromatic carbocycles. The first kappa shape index (κ1) is 12.8. The van der Waals surface area contributed by atoms with Crippen LogP contribution >= 0.6 is 0 Å². The van der Waals surface area contributed by atoms with Crippen molar-refractivity contribution in [3.8, 4) is 11.5 Å². The molecule has 1 saturated carbocycles. The van der Waals surface area contributed by atoms with Gasteiger partial charge in [-0.05, 0) is 49.8 Å². The van der Waals surface area contributed by atoms with Crippen LogP contribution in [0.5, 0.6) is 11.5 Å². The van der Waals surface area contributed by atoms with Crippen molar-refractivity contribution in [2.45, 2.75) is 50.7 Å². The van der Waals surface area contributed by atoms with Crippen LogP contribution in [0.15, 0.2) is 18.2 Å². The van der Waals surface area contributed by atoms with Gasteiger partial charge in [-0.1, -0.05) is 6.92 Å². The van der Waals surface area contributed by atoms with E-state index in [1.807, 2.05) is 18.2 Å². The quantitative estimate of drug-likeness (QED) is 0.842. The molecule has 3 rings (SSSR count). The second kappa shape index (κ2) is 4.71. The van der Waals surface area contributed by atoms with E-state index in [9.17, 15) is 0 Å². The Hall–Kier alpha value is -1.22. The first-order valence-electron chi connectivity index (χ1n) is 7.24. The van der Waals surface area contributed by atoms with Crippen LogP contribution in [0.4, 0.5) is 0 Å². The number of fused-ring (bicyclic) bond motifs is 1. The topological polar surface area (TPSA) is 44.5 Å². The lowest BCUT2D eigenvalue weighted by Crippen LogP contribution is -2.45. The molecule has 0 radical (unpaired) electrons. The summed E-state index contributed by atoms with van der Waals surface area (Å²) in [6.07, 6.45) is 5.69. The lowest BCUT2D eigenvalue weighted by molar-refractivity contribution is -0.00861. The largest absolute Gasteiger partial charge is 0.497 e. The lowest BCUT2D eigenvalue weighted by Gasteiger charge is -2.45. The number of benzene rings is 1. The van der Waals surface area contributed by atoms with Crippen LogP contribution < -0.4 is 15.2 Å². The Bertz CT molecular complexity index is 464. The van der Waals surface area contributed by atoms with Gasteiger partial charge in [-0.25, -0.2) is 0 Å². The van der Waals surface area contributed by atoms with Gasteiger partial charge in [0.1, 0.15) is 17.1 Å². The Morgan fingerprint density at radius 3 is 2.74 bits per heavy atom. The number of ether oxygens (including phenoxy) is 2. The number of hydrogen-bond acceptors (Lipinski definition) is 3. The van der Waals surface area contributed by atoms with Gasteiger partial charge in [0.2, 0.25) is 0 Å². The molecule has 1 aromatic rings. The molecule has 1 heterocycles. The van der Waals surface area contributed by atoms with E-state index in [0.29, 0.717) is 0 Å². The molecule has 0 unspecified atom stereocenters. The molecule has 19 heavy (non-hydrogen) atoms. The molecular weight excluding hydrogens is 238 g/mol. The van der Waals surface area contributed by atoms with Crippen LogP contribution in [0.25, 0.3) is 0 Å². The van der Waals surface area contributed by atoms with Crippen molar-refractivity contribution >= 4 is 0 Å². The molecule has 1 aliphatic heterocycles. The van der Waals surface area contributed by atoms with Crippen molar-refractivity contribution in [2.75, 3.05) is 7.11 Å². The standard InChI is InChI=1S/C16H23NO2/c1-11-5-7-16(8-6-11)10-14(17)13-9-12(18-2)3-4-15(13)19-16/h3-4,9,11,14H,5-8,10,17H2,1-2H3/t11?,14-,16?/m0/s1. The van der Waals surface area contributed by atoms with E-state index in [1.165, 1.54) is 12.8 Å². The second-order valence-corrected chi connectivity index (χ2v) is 6.18. The van der Waals surface area contributed by atoms with Crippen molar-refractivity contribution in [1.82, 2.24) is 0 Å². The van der Waals surface area contributed by atoms with Gasteiger partial charge in [0.25, 0.3) is 0 Å². The molecule has 1 spiro atoms. The Labute approximate surface area is 115 Å². The van der Waals surface area contributed by atoms with Gasteiger partial charge in [0.15, 0.2) is 0 Å². The van der Waals surface area contributed by atoms with Gasteiger partial charge in [0.05, 0.1) is 7.11 Å². The molecule has 0 amide bonds. The predicted octanol–water partition coefficient (Wildman–Crippen LogP) is 3.43. The monoisotopic (exact) mass is 261 g/mol. The molecule has 104 valence electrons. The smallest absolute Gasteiger partial charge is 0.125 e. The van der Waals surface area contributed by atoms with E-state index in [4.69, 9.17) is 15.2 Å². The van der Waals surface area contributed by atoms with Gasteiger partial charge in [-0.15, -0.1) is 0 Å². The fourth-order valence-electron chi connectivity index (χ4n) is 3.42. The Morgan fingerprint density at radius 2 is 2.05 bits per heavy atom. The van der Waals surface area contributed by atoms with E-state index in [0.717, 1.165) is 42.2 Å². The maximum absolute atomic E-state index is 6.37. The minimum atomic E-state index is -0.0203. The van der Waals surface area contributed by atoms with Crippen LogP contribution in [0, 0.1) is 5.92 Å². The summed E-state index contributed by atoms with van der Waals surface area (Å²) in [5, 5.41) is 0. The summed E-state index contributed by atoms with van der Waals surface area (Å²) in [6, 6.07) is 6.04. The second-order valence-electron chi connectivity index (χ2n) is 6.18. The van der Waals surface area contributed by atoms with E-state index in [2.05, 4.69) is 6.92 Å². The highest BCUT2D eigenvalue weighted by atomic mass is 16.5. The van der Waals surface area contributed by atoms with Crippen LogP contribution in [0.1, 0.15) is 50.6 Å². The molecule has 0 aromatic heterocycles. The van der Waals surface area contributed by atoms with Crippen molar-refractivity contribution in [2.24, 2.45) is 11.7 Å². The van der Waals surface area contributed by atoms with Crippen LogP contribution in [-0.2, 0) is 0 Å². The third-order valence-electron chi connectivity index (χ3n) is 4.72. The van der Waals surface area contributed by atoms with Crippen LogP contribution in [0.3, 0.4) is 0 Å². The number of methoxy groups -OCH3 is 1. The van der Waals surface area contributed by atoms with Crippen molar-refractivity contribution in [3.63, 3.8) is 0 Å². The van der Waals surface area contributed by atoms with E-state index < -0.39 is 0 Å². The van der Waals surface area contributed by atoms with E-state index in [1.54, 1.807) is 7.11 Å². The average Bonchev–Trinajstić information content (AvgIpc) is 2.42. The van der Waals surface area contributed by atoms with E-state index in [-0.39, 0.29) is 11.6 Å². The number of nitrogens with two attached hydrogens (primary N) is 1. The molecule has 3 nitrogen and oxygen atoms in total. The summed E-state index contributed by atoms with van der Waals surface area (Å²) < 4.78 is 11.6. The molecule has 2 N–H and O–H groups in total. The first-order valence-corrected chi connectivity index (χ1v) is 7.24. The van der Waals surface area contributed by atoms with Gasteiger partial charge in [-0.2, -0.15) is 0 Å². The maximum Gasteiger partial charge on any atom is 0.125 e. The Morgan fingerprint density at radius 1 is 1.32 bits per heavy atom. The van der Waals surface area contributed by atoms with E-state index >= 15 is 0 Å². The fourth-order valence-corrected chi connectivity index (χ4v) is 3.42. The molecule has 2 aliphatic rings. The lowest BCUT2D eigenvalue weighted by atomic mass is 9.74. The first-order chi connectivity index (χ1) is 9.12. The third-order valence-corrected chi connectivity index (χ3v) is 4.72. The van der Waals surface area contributed by atoms with Crippen LogP contribution in [-0.4, -0.2) is 12.7 Å². The van der Waals surface area contributed by atoms with Gasteiger partial charge >= 0.3 is 0 Å². The van der Waals surface area contributed by atoms with Gasteiger partial charge < -0.3 is 15.2 Å². The highest BCUT2D eigenvalue weighted by Crippen LogP contribution is 2.47. The van der Waals surface area contributed by atoms with Crippen molar-refractivity contribution in [3.05, 3.63) is 23.8 Å². The number of rotatable bonds is 1. The zero-order valence-electron chi connectivity index (χ0n) is 11.8. The SMILES string of the molecule is COc1ccc2c(c1)[C@@H](N)CC1(CCC(C)CC1)O2. The van der Waals surface area contributed by atoms with Crippen LogP contribution in [0.2, 0.25) is 0 Å². The third kappa shape index (κ3) is 2.32. The zero-order chi connectivity index (χ0) is 13.5. The average molecular weight is 261 g/mol. The van der Waals surface area contributed by atoms with Gasteiger partial charge in [0, 0.05) is 18.0 Å². The summed E-state index contributed by atoms with van der Waals surface area (Å²) in [5.41, 5.74) is 7.44. The summed E-state index contributed by atoms with van der Waals surface area (Å²) in [5.74, 6) is 2.63. The zero-order valence-corrected chi connectivity index (χ0v) is 11.8. The molecule has 3 heteroatoms. The number of hydrogen-bond donors (Lipinski definition) is 1. The fraction of sp³-hybridized carbons (Fsp3) is 0.625. The van der Waals surface area contributed by atoms with Crippen molar-refractivity contribution in [1.29, 1.82) is 0 Å². The molecule has 1 aliphatic carbocycles. The summed E-state index contributed by atoms with van der Waals surface area (Å²) in [7, 11) is 1.68. The Balaban J connectivity index is 1.88. The summed E-state index contributed by atoms with van der Waals surface area (Å²) in [4.78, 5) is 0. The summed E-state index contributed by atoms with van der Waals surface area (Å²) in [6.45, 7) is 2.33. The minimum absolute atomic E-state index is 0.0203. The van der Waals surface area contributed by atoms with Crippen molar-refractivity contribution < 1.29 is 9.47 Å². The molecule has 1 fully saturated rings. The Kier molecular flexibility index (Phi) is 3.17.